The zero-order chi connectivity index (χ0) is 15.2. The Labute approximate surface area is 128 Å². The SMILES string of the molecule is COc1cc(CNCc2ccccc2F)cc(Cl)c1OC. The smallest absolute Gasteiger partial charge is 0.179 e. The van der Waals surface area contributed by atoms with Crippen LogP contribution in [0.5, 0.6) is 11.5 Å². The molecule has 2 aromatic rings. The normalized spacial score (nSPS) is 10.5. The molecule has 5 heteroatoms. The third-order valence-corrected chi connectivity index (χ3v) is 3.38. The van der Waals surface area contributed by atoms with Crippen LogP contribution in [0.15, 0.2) is 36.4 Å². The largest absolute Gasteiger partial charge is 0.493 e. The lowest BCUT2D eigenvalue weighted by atomic mass is 10.1. The first kappa shape index (κ1) is 15.6. The summed E-state index contributed by atoms with van der Waals surface area (Å²) in [5, 5.41) is 3.67. The fourth-order valence-electron chi connectivity index (χ4n) is 2.06. The molecule has 0 aliphatic rings. The van der Waals surface area contributed by atoms with Crippen LogP contribution in [-0.4, -0.2) is 14.2 Å². The Hall–Kier alpha value is -1.78. The van der Waals surface area contributed by atoms with Crippen molar-refractivity contribution in [1.29, 1.82) is 0 Å². The molecule has 3 nitrogen and oxygen atoms in total. The van der Waals surface area contributed by atoms with Crippen LogP contribution in [0.25, 0.3) is 0 Å². The van der Waals surface area contributed by atoms with Gasteiger partial charge in [-0.3, -0.25) is 0 Å². The minimum absolute atomic E-state index is 0.213. The third kappa shape index (κ3) is 3.86. The minimum Gasteiger partial charge on any atom is -0.493 e. The summed E-state index contributed by atoms with van der Waals surface area (Å²) in [6.45, 7) is 0.993. The maximum Gasteiger partial charge on any atom is 0.179 e. The van der Waals surface area contributed by atoms with Crippen LogP contribution >= 0.6 is 11.6 Å². The molecule has 21 heavy (non-hydrogen) atoms. The Bertz CT molecular complexity index is 619. The number of hydrogen-bond donors (Lipinski definition) is 1. The summed E-state index contributed by atoms with van der Waals surface area (Å²) in [4.78, 5) is 0. The average Bonchev–Trinajstić information content (AvgIpc) is 2.48. The van der Waals surface area contributed by atoms with E-state index >= 15 is 0 Å². The first-order valence-corrected chi connectivity index (χ1v) is 6.88. The minimum atomic E-state index is -0.213. The van der Waals surface area contributed by atoms with Crippen LogP contribution in [0.1, 0.15) is 11.1 Å². The third-order valence-electron chi connectivity index (χ3n) is 3.10. The van der Waals surface area contributed by atoms with Crippen LogP contribution in [-0.2, 0) is 13.1 Å². The van der Waals surface area contributed by atoms with Gasteiger partial charge in [-0.2, -0.15) is 0 Å². The molecule has 0 aliphatic heterocycles. The van der Waals surface area contributed by atoms with E-state index in [1.54, 1.807) is 32.4 Å². The summed E-state index contributed by atoms with van der Waals surface area (Å²) in [5.41, 5.74) is 1.57. The summed E-state index contributed by atoms with van der Waals surface area (Å²) in [5.74, 6) is 0.875. The molecule has 0 saturated carbocycles. The van der Waals surface area contributed by atoms with Gasteiger partial charge in [-0.25, -0.2) is 4.39 Å². The van der Waals surface area contributed by atoms with Crippen LogP contribution < -0.4 is 14.8 Å². The summed E-state index contributed by atoms with van der Waals surface area (Å²) in [6, 6.07) is 10.3. The van der Waals surface area contributed by atoms with Crippen LogP contribution in [0.2, 0.25) is 5.02 Å². The summed E-state index contributed by atoms with van der Waals surface area (Å²) in [7, 11) is 3.10. The van der Waals surface area contributed by atoms with Crippen LogP contribution in [0.3, 0.4) is 0 Å². The molecule has 0 saturated heterocycles. The molecule has 0 radical (unpaired) electrons. The zero-order valence-electron chi connectivity index (χ0n) is 12.0. The van der Waals surface area contributed by atoms with E-state index in [9.17, 15) is 4.39 Å². The first-order valence-electron chi connectivity index (χ1n) is 6.50. The van der Waals surface area contributed by atoms with E-state index in [1.165, 1.54) is 6.07 Å². The molecule has 112 valence electrons. The lowest BCUT2D eigenvalue weighted by Crippen LogP contribution is -2.13. The van der Waals surface area contributed by atoms with E-state index in [2.05, 4.69) is 5.32 Å². The van der Waals surface area contributed by atoms with Gasteiger partial charge in [0.1, 0.15) is 5.82 Å². The Morgan fingerprint density at radius 3 is 2.52 bits per heavy atom. The molecular weight excluding hydrogens is 293 g/mol. The number of hydrogen-bond acceptors (Lipinski definition) is 3. The molecule has 0 spiro atoms. The van der Waals surface area contributed by atoms with Crippen molar-refractivity contribution in [3.05, 3.63) is 58.4 Å². The number of nitrogens with one attached hydrogen (secondary N) is 1. The van der Waals surface area contributed by atoms with Gasteiger partial charge in [-0.15, -0.1) is 0 Å². The Kier molecular flexibility index (Phi) is 5.42. The maximum atomic E-state index is 13.5. The van der Waals surface area contributed by atoms with E-state index in [4.69, 9.17) is 21.1 Å². The van der Waals surface area contributed by atoms with Crippen molar-refractivity contribution in [2.75, 3.05) is 14.2 Å². The Morgan fingerprint density at radius 1 is 1.10 bits per heavy atom. The second-order valence-corrected chi connectivity index (χ2v) is 4.92. The van der Waals surface area contributed by atoms with E-state index in [0.29, 0.717) is 35.2 Å². The number of ether oxygens (including phenoxy) is 2. The van der Waals surface area contributed by atoms with Crippen molar-refractivity contribution in [2.45, 2.75) is 13.1 Å². The van der Waals surface area contributed by atoms with Gasteiger partial charge in [0.15, 0.2) is 11.5 Å². The molecule has 0 heterocycles. The lowest BCUT2D eigenvalue weighted by molar-refractivity contribution is 0.354. The second kappa shape index (κ2) is 7.29. The van der Waals surface area contributed by atoms with Gasteiger partial charge >= 0.3 is 0 Å². The quantitative estimate of drug-likeness (QED) is 0.880. The zero-order valence-corrected chi connectivity index (χ0v) is 12.7. The highest BCUT2D eigenvalue weighted by Gasteiger charge is 2.10. The molecule has 2 aromatic carbocycles. The lowest BCUT2D eigenvalue weighted by Gasteiger charge is -2.12. The van der Waals surface area contributed by atoms with Crippen molar-refractivity contribution in [3.63, 3.8) is 0 Å². The highest BCUT2D eigenvalue weighted by atomic mass is 35.5. The summed E-state index contributed by atoms with van der Waals surface area (Å²) < 4.78 is 23.9. The fourth-order valence-corrected chi connectivity index (χ4v) is 2.37. The highest BCUT2D eigenvalue weighted by Crippen LogP contribution is 2.35. The molecule has 2 rings (SSSR count). The van der Waals surface area contributed by atoms with E-state index < -0.39 is 0 Å². The molecule has 0 fully saturated rings. The summed E-state index contributed by atoms with van der Waals surface area (Å²) in [6.07, 6.45) is 0. The summed E-state index contributed by atoms with van der Waals surface area (Å²) >= 11 is 6.14. The standard InChI is InChI=1S/C16H17ClFNO2/c1-20-15-8-11(7-13(17)16(15)21-2)9-19-10-12-5-3-4-6-14(12)18/h3-8,19H,9-10H2,1-2H3. The van der Waals surface area contributed by atoms with Crippen LogP contribution in [0, 0.1) is 5.82 Å². The highest BCUT2D eigenvalue weighted by molar-refractivity contribution is 6.32. The number of rotatable bonds is 6. The van der Waals surface area contributed by atoms with E-state index in [0.717, 1.165) is 5.56 Å². The molecule has 0 atom stereocenters. The van der Waals surface area contributed by atoms with Crippen molar-refractivity contribution < 1.29 is 13.9 Å². The average molecular weight is 310 g/mol. The maximum absolute atomic E-state index is 13.5. The Morgan fingerprint density at radius 2 is 1.86 bits per heavy atom. The van der Waals surface area contributed by atoms with Gasteiger partial charge < -0.3 is 14.8 Å². The van der Waals surface area contributed by atoms with Crippen molar-refractivity contribution in [2.24, 2.45) is 0 Å². The predicted octanol–water partition coefficient (Wildman–Crippen LogP) is 3.79. The number of benzene rings is 2. The monoisotopic (exact) mass is 309 g/mol. The van der Waals surface area contributed by atoms with Gasteiger partial charge in [-0.1, -0.05) is 29.8 Å². The predicted molar refractivity (Wildman–Crippen MR) is 81.5 cm³/mol. The van der Waals surface area contributed by atoms with Gasteiger partial charge in [0.05, 0.1) is 19.2 Å². The topological polar surface area (TPSA) is 30.5 Å². The first-order chi connectivity index (χ1) is 10.2. The van der Waals surface area contributed by atoms with E-state index in [1.807, 2.05) is 12.1 Å². The molecule has 0 bridgehead atoms. The molecule has 0 aromatic heterocycles. The van der Waals surface area contributed by atoms with E-state index in [-0.39, 0.29) is 5.82 Å². The van der Waals surface area contributed by atoms with Gasteiger partial charge in [0.2, 0.25) is 0 Å². The van der Waals surface area contributed by atoms with Gasteiger partial charge in [0.25, 0.3) is 0 Å². The molecule has 0 unspecified atom stereocenters. The fraction of sp³-hybridized carbons (Fsp3) is 0.250. The second-order valence-electron chi connectivity index (χ2n) is 4.51. The molecule has 0 amide bonds. The number of halogens is 2. The van der Waals surface area contributed by atoms with Crippen molar-refractivity contribution >= 4 is 11.6 Å². The number of methoxy groups -OCH3 is 2. The van der Waals surface area contributed by atoms with Crippen molar-refractivity contribution in [1.82, 2.24) is 5.32 Å². The molecule has 1 N–H and O–H groups in total. The van der Waals surface area contributed by atoms with Crippen LogP contribution in [0.4, 0.5) is 4.39 Å². The molecular formula is C16H17ClFNO2. The molecule has 0 aliphatic carbocycles. The van der Waals surface area contributed by atoms with Crippen molar-refractivity contribution in [3.8, 4) is 11.5 Å². The Balaban J connectivity index is 2.04. The van der Waals surface area contributed by atoms with Gasteiger partial charge in [-0.05, 0) is 23.8 Å². The van der Waals surface area contributed by atoms with Gasteiger partial charge in [0, 0.05) is 18.7 Å².